The van der Waals surface area contributed by atoms with Gasteiger partial charge in [-0.1, -0.05) is 6.07 Å². The first-order valence-electron chi connectivity index (χ1n) is 4.97. The van der Waals surface area contributed by atoms with Crippen LogP contribution in [0.4, 0.5) is 11.4 Å². The average Bonchev–Trinajstić information content (AvgIpc) is 2.70. The third-order valence-corrected chi connectivity index (χ3v) is 2.36. The zero-order valence-corrected chi connectivity index (χ0v) is 9.19. The normalized spacial score (nSPS) is 10.2. The summed E-state index contributed by atoms with van der Waals surface area (Å²) in [5.74, 6) is -0.274. The first-order chi connectivity index (χ1) is 8.08. The van der Waals surface area contributed by atoms with E-state index >= 15 is 0 Å². The van der Waals surface area contributed by atoms with Gasteiger partial charge in [0.25, 0.3) is 5.91 Å². The summed E-state index contributed by atoms with van der Waals surface area (Å²) in [4.78, 5) is 11.7. The molecule has 0 spiro atoms. The molecule has 1 amide bonds. The number of aromatic amines is 1. The van der Waals surface area contributed by atoms with Crippen molar-refractivity contribution in [2.24, 2.45) is 0 Å². The molecule has 0 fully saturated rings. The van der Waals surface area contributed by atoms with Crippen LogP contribution in [0.25, 0.3) is 0 Å². The number of hydrogen-bond donors (Lipinski definition) is 4. The Labute approximate surface area is 97.5 Å². The maximum Gasteiger partial charge on any atom is 0.275 e. The van der Waals surface area contributed by atoms with Crippen LogP contribution >= 0.6 is 0 Å². The molecule has 2 rings (SSSR count). The van der Waals surface area contributed by atoms with Gasteiger partial charge in [-0.15, -0.1) is 0 Å². The molecule has 0 aliphatic carbocycles. The molecule has 0 aliphatic heterocycles. The van der Waals surface area contributed by atoms with Gasteiger partial charge in [0.2, 0.25) is 0 Å². The zero-order valence-electron chi connectivity index (χ0n) is 9.19. The Morgan fingerprint density at radius 3 is 2.88 bits per heavy atom. The number of aryl methyl sites for hydroxylation is 1. The molecule has 0 aliphatic rings. The molecule has 0 saturated carbocycles. The van der Waals surface area contributed by atoms with Crippen molar-refractivity contribution in [2.75, 3.05) is 11.1 Å². The molecule has 88 valence electrons. The van der Waals surface area contributed by atoms with E-state index in [-0.39, 0.29) is 17.1 Å². The highest BCUT2D eigenvalue weighted by Crippen LogP contribution is 2.21. The predicted molar refractivity (Wildman–Crippen MR) is 63.8 cm³/mol. The van der Waals surface area contributed by atoms with E-state index in [9.17, 15) is 9.90 Å². The number of phenolic OH excluding ortho intramolecular Hbond substituents is 1. The number of amides is 1. The molecule has 17 heavy (non-hydrogen) atoms. The number of nitrogen functional groups attached to an aromatic ring is 1. The molecule has 1 aromatic heterocycles. The second-order valence-corrected chi connectivity index (χ2v) is 3.66. The van der Waals surface area contributed by atoms with Gasteiger partial charge in [-0.2, -0.15) is 5.10 Å². The number of rotatable bonds is 2. The number of hydrogen-bond acceptors (Lipinski definition) is 4. The van der Waals surface area contributed by atoms with E-state index < -0.39 is 5.91 Å². The van der Waals surface area contributed by atoms with Crippen LogP contribution in [-0.2, 0) is 0 Å². The third-order valence-electron chi connectivity index (χ3n) is 2.36. The average molecular weight is 232 g/mol. The van der Waals surface area contributed by atoms with Gasteiger partial charge in [0, 0.05) is 11.8 Å². The highest BCUT2D eigenvalue weighted by atomic mass is 16.3. The zero-order chi connectivity index (χ0) is 12.4. The van der Waals surface area contributed by atoms with Crippen LogP contribution in [0.3, 0.4) is 0 Å². The van der Waals surface area contributed by atoms with Gasteiger partial charge in [-0.3, -0.25) is 9.89 Å². The largest absolute Gasteiger partial charge is 0.508 e. The van der Waals surface area contributed by atoms with Crippen molar-refractivity contribution in [3.8, 4) is 5.75 Å². The lowest BCUT2D eigenvalue weighted by Gasteiger charge is -2.06. The van der Waals surface area contributed by atoms with Crippen molar-refractivity contribution < 1.29 is 9.90 Å². The second-order valence-electron chi connectivity index (χ2n) is 3.66. The number of phenols is 1. The molecule has 6 heteroatoms. The van der Waals surface area contributed by atoms with E-state index in [2.05, 4.69) is 15.5 Å². The smallest absolute Gasteiger partial charge is 0.275 e. The summed E-state index contributed by atoms with van der Waals surface area (Å²) < 4.78 is 0. The standard InChI is InChI=1S/C11H12N4O2/c1-6-2-3-7(4-9(6)16)14-11(17)10-8(12)5-13-15-10/h2-5,16H,12H2,1H3,(H,13,15)(H,14,17). The molecule has 0 bridgehead atoms. The Morgan fingerprint density at radius 1 is 1.53 bits per heavy atom. The minimum absolute atomic E-state index is 0.125. The van der Waals surface area contributed by atoms with E-state index in [1.807, 2.05) is 0 Å². The Hall–Kier alpha value is -2.50. The molecule has 0 unspecified atom stereocenters. The van der Waals surface area contributed by atoms with Gasteiger partial charge in [0.1, 0.15) is 11.4 Å². The van der Waals surface area contributed by atoms with E-state index in [1.54, 1.807) is 19.1 Å². The molecule has 0 saturated heterocycles. The highest BCUT2D eigenvalue weighted by Gasteiger charge is 2.12. The minimum Gasteiger partial charge on any atom is -0.508 e. The van der Waals surface area contributed by atoms with Crippen molar-refractivity contribution in [2.45, 2.75) is 6.92 Å². The van der Waals surface area contributed by atoms with Crippen molar-refractivity contribution in [1.82, 2.24) is 10.2 Å². The second kappa shape index (κ2) is 4.17. The molecule has 0 atom stereocenters. The maximum absolute atomic E-state index is 11.7. The van der Waals surface area contributed by atoms with Crippen molar-refractivity contribution in [3.63, 3.8) is 0 Å². The maximum atomic E-state index is 11.7. The Kier molecular flexibility index (Phi) is 2.70. The molecule has 0 radical (unpaired) electrons. The molecular formula is C11H12N4O2. The van der Waals surface area contributed by atoms with Crippen LogP contribution in [0.1, 0.15) is 16.1 Å². The third kappa shape index (κ3) is 2.20. The summed E-state index contributed by atoms with van der Waals surface area (Å²) in [5.41, 5.74) is 7.25. The van der Waals surface area contributed by atoms with Gasteiger partial charge in [-0.25, -0.2) is 0 Å². The van der Waals surface area contributed by atoms with Crippen molar-refractivity contribution in [3.05, 3.63) is 35.7 Å². The van der Waals surface area contributed by atoms with Gasteiger partial charge in [-0.05, 0) is 18.6 Å². The van der Waals surface area contributed by atoms with E-state index in [4.69, 9.17) is 5.73 Å². The Bertz CT molecular complexity index is 562. The number of aromatic hydroxyl groups is 1. The van der Waals surface area contributed by atoms with E-state index in [0.717, 1.165) is 5.56 Å². The molecular weight excluding hydrogens is 220 g/mol. The first-order valence-corrected chi connectivity index (χ1v) is 4.97. The molecule has 5 N–H and O–H groups in total. The van der Waals surface area contributed by atoms with Crippen molar-refractivity contribution >= 4 is 17.3 Å². The van der Waals surface area contributed by atoms with Crippen LogP contribution in [0.15, 0.2) is 24.4 Å². The van der Waals surface area contributed by atoms with Gasteiger partial charge >= 0.3 is 0 Å². The predicted octanol–water partition coefficient (Wildman–Crippen LogP) is 1.26. The molecule has 1 aromatic carbocycles. The minimum atomic E-state index is -0.400. The van der Waals surface area contributed by atoms with Crippen LogP contribution in [-0.4, -0.2) is 21.2 Å². The van der Waals surface area contributed by atoms with Crippen molar-refractivity contribution in [1.29, 1.82) is 0 Å². The van der Waals surface area contributed by atoms with E-state index in [0.29, 0.717) is 5.69 Å². The van der Waals surface area contributed by atoms with Crippen LogP contribution in [0.2, 0.25) is 0 Å². The molecule has 6 nitrogen and oxygen atoms in total. The summed E-state index contributed by atoms with van der Waals surface area (Å²) in [6.45, 7) is 1.77. The number of nitrogens with zero attached hydrogens (tertiary/aromatic N) is 1. The van der Waals surface area contributed by atoms with Gasteiger partial charge in [0.05, 0.1) is 11.9 Å². The first kappa shape index (κ1) is 11.0. The summed E-state index contributed by atoms with van der Waals surface area (Å²) in [6.07, 6.45) is 1.36. The fraction of sp³-hybridized carbons (Fsp3) is 0.0909. The van der Waals surface area contributed by atoms with Crippen LogP contribution < -0.4 is 11.1 Å². The topological polar surface area (TPSA) is 104 Å². The quantitative estimate of drug-likeness (QED) is 0.625. The molecule has 1 heterocycles. The monoisotopic (exact) mass is 232 g/mol. The number of nitrogens with two attached hydrogens (primary N) is 1. The number of carbonyl (C=O) groups excluding carboxylic acids is 1. The number of nitrogens with one attached hydrogen (secondary N) is 2. The van der Waals surface area contributed by atoms with E-state index in [1.165, 1.54) is 12.3 Å². The fourth-order valence-electron chi connectivity index (χ4n) is 1.36. The fourth-order valence-corrected chi connectivity index (χ4v) is 1.36. The number of benzene rings is 1. The lowest BCUT2D eigenvalue weighted by Crippen LogP contribution is -2.14. The Balaban J connectivity index is 2.19. The van der Waals surface area contributed by atoms with Crippen LogP contribution in [0.5, 0.6) is 5.75 Å². The van der Waals surface area contributed by atoms with Gasteiger partial charge < -0.3 is 16.2 Å². The number of carbonyl (C=O) groups is 1. The summed E-state index contributed by atoms with van der Waals surface area (Å²) >= 11 is 0. The highest BCUT2D eigenvalue weighted by molar-refractivity contribution is 6.06. The van der Waals surface area contributed by atoms with Crippen LogP contribution in [0, 0.1) is 6.92 Å². The summed E-state index contributed by atoms with van der Waals surface area (Å²) in [6, 6.07) is 4.88. The Morgan fingerprint density at radius 2 is 2.29 bits per heavy atom. The SMILES string of the molecule is Cc1ccc(NC(=O)c2[nH]ncc2N)cc1O. The lowest BCUT2D eigenvalue weighted by molar-refractivity contribution is 0.102. The number of H-pyrrole nitrogens is 1. The summed E-state index contributed by atoms with van der Waals surface area (Å²) in [7, 11) is 0. The molecule has 2 aromatic rings. The lowest BCUT2D eigenvalue weighted by atomic mass is 10.2. The summed E-state index contributed by atoms with van der Waals surface area (Å²) in [5, 5.41) is 18.3. The number of aromatic nitrogens is 2. The van der Waals surface area contributed by atoms with Gasteiger partial charge in [0.15, 0.2) is 0 Å². The number of anilines is 2.